The van der Waals surface area contributed by atoms with Gasteiger partial charge in [0.05, 0.1) is 27.8 Å². The summed E-state index contributed by atoms with van der Waals surface area (Å²) in [5, 5.41) is 4.61. The van der Waals surface area contributed by atoms with Gasteiger partial charge in [0.1, 0.15) is 11.2 Å². The molecule has 0 bridgehead atoms. The van der Waals surface area contributed by atoms with Crippen LogP contribution in [0.5, 0.6) is 0 Å². The van der Waals surface area contributed by atoms with Crippen LogP contribution in [0, 0.1) is 0 Å². The van der Waals surface area contributed by atoms with Crippen LogP contribution >= 0.6 is 0 Å². The maximum atomic E-state index is 7.09. The van der Waals surface area contributed by atoms with Gasteiger partial charge in [-0.05, 0) is 187 Å². The highest BCUT2D eigenvalue weighted by atomic mass is 16.3. The van der Waals surface area contributed by atoms with Crippen molar-refractivity contribution in [3.8, 4) is 72.4 Å². The van der Waals surface area contributed by atoms with Crippen LogP contribution in [0.15, 0.2) is 350 Å². The van der Waals surface area contributed by atoms with Crippen molar-refractivity contribution in [1.29, 1.82) is 0 Å². The first-order valence-corrected chi connectivity index (χ1v) is 43.6. The van der Waals surface area contributed by atoms with Gasteiger partial charge in [-0.15, -0.1) is 0 Å². The minimum atomic E-state index is -0.634. The lowest BCUT2D eigenvalue weighted by Crippen LogP contribution is -2.61. The van der Waals surface area contributed by atoms with Gasteiger partial charge in [-0.25, -0.2) is 0 Å². The molecule has 0 saturated heterocycles. The molecule has 0 fully saturated rings. The molecule has 594 valence electrons. The maximum Gasteiger partial charge on any atom is 0.252 e. The minimum Gasteiger partial charge on any atom is -0.455 e. The molecule has 0 unspecified atom stereocenters. The highest BCUT2D eigenvalue weighted by molar-refractivity contribution is 7.00. The maximum absolute atomic E-state index is 7.09. The van der Waals surface area contributed by atoms with Gasteiger partial charge in [0.15, 0.2) is 0 Å². The first-order chi connectivity index (χ1) is 58.7. The molecule has 3 aliphatic rings. The minimum absolute atomic E-state index is 0.0578. The Morgan fingerprint density at radius 1 is 0.262 bits per heavy atom. The van der Waals surface area contributed by atoms with Gasteiger partial charge in [0.25, 0.3) is 6.71 Å². The monoisotopic (exact) mass is 1580 g/mol. The van der Waals surface area contributed by atoms with E-state index in [1.807, 2.05) is 0 Å². The number of aromatic nitrogens is 1. The summed E-state index contributed by atoms with van der Waals surface area (Å²) >= 11 is 0. The number of para-hydroxylation sites is 5. The lowest BCUT2D eigenvalue weighted by Gasteiger charge is -2.46. The fourth-order valence-corrected chi connectivity index (χ4v) is 20.5. The molecule has 2 aromatic heterocycles. The normalized spacial score (nSPS) is 13.7. The molecule has 4 heterocycles. The van der Waals surface area contributed by atoms with Crippen LogP contribution in [0.25, 0.3) is 116 Å². The van der Waals surface area contributed by atoms with E-state index in [0.29, 0.717) is 0 Å². The average Bonchev–Trinajstić information content (AvgIpc) is 1.36. The fourth-order valence-electron chi connectivity index (χ4n) is 20.5. The first-order valence-electron chi connectivity index (χ1n) is 43.6. The summed E-state index contributed by atoms with van der Waals surface area (Å²) in [7, 11) is 0. The molecule has 5 heteroatoms. The number of hydrogen-bond acceptors (Lipinski definition) is 3. The Morgan fingerprint density at radius 2 is 0.689 bits per heavy atom. The second-order valence-electron chi connectivity index (χ2n) is 39.6. The summed E-state index contributed by atoms with van der Waals surface area (Å²) in [5.41, 5.74) is 39.4. The van der Waals surface area contributed by atoms with Crippen molar-refractivity contribution in [3.63, 3.8) is 0 Å². The second kappa shape index (κ2) is 27.9. The summed E-state index contributed by atoms with van der Waals surface area (Å²) < 4.78 is 9.70. The number of rotatable bonds is 10. The van der Waals surface area contributed by atoms with Crippen LogP contribution < -0.4 is 26.2 Å². The van der Waals surface area contributed by atoms with Crippen LogP contribution in [0.4, 0.5) is 34.1 Å². The number of nitrogens with zero attached hydrogens (tertiary/aromatic N) is 3. The van der Waals surface area contributed by atoms with E-state index >= 15 is 0 Å². The third-order valence-corrected chi connectivity index (χ3v) is 26.9. The summed E-state index contributed by atoms with van der Waals surface area (Å²) in [4.78, 5) is 5.47. The largest absolute Gasteiger partial charge is 0.455 e. The lowest BCUT2D eigenvalue weighted by molar-refractivity contribution is 0.590. The highest BCUT2D eigenvalue weighted by Gasteiger charge is 2.49. The third-order valence-electron chi connectivity index (χ3n) is 26.9. The van der Waals surface area contributed by atoms with E-state index in [1.54, 1.807) is 0 Å². The van der Waals surface area contributed by atoms with Crippen LogP contribution in [-0.4, -0.2) is 11.3 Å². The van der Waals surface area contributed by atoms with E-state index in [2.05, 4.69) is 464 Å². The molecule has 0 atom stereocenters. The number of hydrogen-bond donors (Lipinski definition) is 0. The zero-order valence-corrected chi connectivity index (χ0v) is 72.7. The molecule has 122 heavy (non-hydrogen) atoms. The Balaban J connectivity index is 0.916. The topological polar surface area (TPSA) is 24.6 Å². The summed E-state index contributed by atoms with van der Waals surface area (Å²) in [6.07, 6.45) is 0. The smallest absolute Gasteiger partial charge is 0.252 e. The number of benzene rings is 16. The average molecular weight is 1580 g/mol. The SMILES string of the molecule is CC(C)(C)c1ccc(-c2cccc(-c3ccc(C(C)(C)C)cc3)c2N2c3ccc(-c4cccc5c4oc4ccccc45)cc3B3c4ccc(-n5c6ccccc6c6cc7c(cc65)C(c5ccccc5)(c5ccccc5)c5ccccc5-7)cc4N(c4c(-c5ccc(C(C)(C)C)cc5)cccc4-c4ccc(C(C)(C)C)cc4)c4cc(C(C)(C)C)cc2c43)cc1. The Bertz CT molecular complexity index is 7040. The Labute approximate surface area is 719 Å². The van der Waals surface area contributed by atoms with Crippen molar-refractivity contribution in [1.82, 2.24) is 4.57 Å². The molecule has 0 spiro atoms. The first kappa shape index (κ1) is 76.2. The van der Waals surface area contributed by atoms with Crippen molar-refractivity contribution in [3.05, 3.63) is 396 Å². The Morgan fingerprint density at radius 3 is 1.20 bits per heavy atom. The molecule has 0 N–H and O–H groups in total. The summed E-state index contributed by atoms with van der Waals surface area (Å²) in [5.74, 6) is 0. The van der Waals surface area contributed by atoms with E-state index < -0.39 is 5.41 Å². The van der Waals surface area contributed by atoms with Crippen molar-refractivity contribution < 1.29 is 4.42 Å². The Kier molecular flexibility index (Phi) is 17.4. The van der Waals surface area contributed by atoms with E-state index in [4.69, 9.17) is 4.42 Å². The molecule has 4 nitrogen and oxygen atoms in total. The van der Waals surface area contributed by atoms with Crippen molar-refractivity contribution in [2.75, 3.05) is 9.80 Å². The van der Waals surface area contributed by atoms with E-state index in [1.165, 1.54) is 88.4 Å². The van der Waals surface area contributed by atoms with Crippen molar-refractivity contribution >= 4 is 101 Å². The number of furan rings is 1. The van der Waals surface area contributed by atoms with Gasteiger partial charge in [-0.1, -0.05) is 395 Å². The quantitative estimate of drug-likeness (QED) is 0.128. The summed E-state index contributed by atoms with van der Waals surface area (Å²) in [6, 6.07) is 133. The second-order valence-corrected chi connectivity index (χ2v) is 39.6. The van der Waals surface area contributed by atoms with Gasteiger partial charge in [0.2, 0.25) is 0 Å². The van der Waals surface area contributed by atoms with E-state index in [0.717, 1.165) is 128 Å². The Hall–Kier alpha value is -13.2. The van der Waals surface area contributed by atoms with E-state index in [9.17, 15) is 0 Å². The van der Waals surface area contributed by atoms with Gasteiger partial charge < -0.3 is 18.8 Å². The molecule has 16 aromatic carbocycles. The van der Waals surface area contributed by atoms with Crippen molar-refractivity contribution in [2.24, 2.45) is 0 Å². The molecule has 0 saturated carbocycles. The zero-order valence-electron chi connectivity index (χ0n) is 72.7. The number of anilines is 6. The van der Waals surface area contributed by atoms with Gasteiger partial charge in [0, 0.05) is 77.8 Å². The van der Waals surface area contributed by atoms with Crippen LogP contribution in [-0.2, 0) is 32.5 Å². The molecule has 0 radical (unpaired) electrons. The van der Waals surface area contributed by atoms with Crippen LogP contribution in [0.2, 0.25) is 0 Å². The molecule has 18 aromatic rings. The molecular formula is C117H102BN3O. The molecule has 2 aliphatic heterocycles. The van der Waals surface area contributed by atoms with Gasteiger partial charge in [-0.3, -0.25) is 0 Å². The predicted octanol–water partition coefficient (Wildman–Crippen LogP) is 30.0. The third kappa shape index (κ3) is 12.1. The standard InChI is InChI=1S/C117H102BN3O/c1-112(2,3)78-56-47-73(48-57-78)86-38-28-39-87(74-49-58-79(59-50-74)113(4,5)6)109(86)120-102-66-55-77(90-42-30-43-94-93-37-24-27-46-107(93)122-111(90)94)67-100(102)118-99-65-64-85(119-101-45-26-23-36-92(101)96-71-95-91-35-22-25-44-97(91)117(98(95)72-103(96)119,82-31-18-16-19-32-82)83-33-20-17-21-34-83)70-104(99)121(106-69-84(116(13,14)15)68-105(120)108(106)118)110-88(75-51-60-80(61-52-75)114(7,8)9)40-29-41-89(110)76-53-62-81(63-54-76)115(10,11)12/h16-72H,1-15H3. The number of fused-ring (bicyclic) bond motifs is 13. The molecule has 0 amide bonds. The predicted molar refractivity (Wildman–Crippen MR) is 520 cm³/mol. The summed E-state index contributed by atoms with van der Waals surface area (Å²) in [6.45, 7) is 34.7. The van der Waals surface area contributed by atoms with Gasteiger partial charge in [-0.2, -0.15) is 0 Å². The molecular weight excluding hydrogens is 1470 g/mol. The molecule has 1 aliphatic carbocycles. The van der Waals surface area contributed by atoms with Crippen LogP contribution in [0.1, 0.15) is 154 Å². The van der Waals surface area contributed by atoms with E-state index in [-0.39, 0.29) is 33.8 Å². The fraction of sp³-hybridized carbons (Fsp3) is 0.179. The molecule has 21 rings (SSSR count). The van der Waals surface area contributed by atoms with Crippen molar-refractivity contribution in [2.45, 2.75) is 136 Å². The highest BCUT2D eigenvalue weighted by Crippen LogP contribution is 2.60. The lowest BCUT2D eigenvalue weighted by atomic mass is 9.33. The van der Waals surface area contributed by atoms with Gasteiger partial charge >= 0.3 is 0 Å². The zero-order chi connectivity index (χ0) is 83.8. The van der Waals surface area contributed by atoms with Crippen LogP contribution in [0.3, 0.4) is 0 Å².